The van der Waals surface area contributed by atoms with Gasteiger partial charge in [-0.3, -0.25) is 20.8 Å². The molecule has 17 heteroatoms. The number of unbranched alkanes of at least 4 members (excludes halogenated alkanes) is 1. The first-order chi connectivity index (χ1) is 23.7. The first kappa shape index (κ1) is 42.6. The molecule has 7 atom stereocenters. The molecule has 1 aromatic heterocycles. The first-order valence-electron chi connectivity index (χ1n) is 17.5. The maximum Gasteiger partial charge on any atom is 0.315 e. The SMILES string of the molecule is CC[C@@H]1[CH-][C@H](C)[C@H](n2cnc(C(=O)N[C@@H](C)CC(=O)NCCOCCOCCOCCNC(=O)CCCCC3SCC4NC(=O)NC43)c2)O1.[Y]. The van der Waals surface area contributed by atoms with E-state index in [-0.39, 0.29) is 105 Å². The molecule has 50 heavy (non-hydrogen) atoms. The molecule has 3 unspecified atom stereocenters. The second-order valence-corrected chi connectivity index (χ2v) is 14.0. The minimum atomic E-state index is -0.368. The quantitative estimate of drug-likeness (QED) is 0.0619. The number of hydrogen-bond acceptors (Lipinski definition) is 10. The van der Waals surface area contributed by atoms with E-state index < -0.39 is 0 Å². The van der Waals surface area contributed by atoms with E-state index in [4.69, 9.17) is 18.9 Å². The largest absolute Gasteiger partial charge is 0.389 e. The molecule has 15 nitrogen and oxygen atoms in total. The predicted octanol–water partition coefficient (Wildman–Crippen LogP) is 1.54. The van der Waals surface area contributed by atoms with Crippen LogP contribution in [0.3, 0.4) is 0 Å². The van der Waals surface area contributed by atoms with Gasteiger partial charge in [0, 0.05) is 81.9 Å². The van der Waals surface area contributed by atoms with Gasteiger partial charge in [-0.05, 0) is 19.8 Å². The van der Waals surface area contributed by atoms with Crippen LogP contribution in [0.1, 0.15) is 76.0 Å². The number of imidazole rings is 1. The Morgan fingerprint density at radius 1 is 1.06 bits per heavy atom. The Bertz CT molecular complexity index is 1210. The van der Waals surface area contributed by atoms with Crippen molar-refractivity contribution in [2.75, 3.05) is 58.5 Å². The number of aromatic nitrogens is 2. The summed E-state index contributed by atoms with van der Waals surface area (Å²) in [5, 5.41) is 14.9. The van der Waals surface area contributed by atoms with Crippen molar-refractivity contribution >= 4 is 35.5 Å². The fraction of sp³-hybridized carbons (Fsp3) is 0.758. The molecular weight excluding hydrogens is 743 g/mol. The number of fused-ring (bicyclic) bond motifs is 1. The van der Waals surface area contributed by atoms with Gasteiger partial charge in [0.1, 0.15) is 11.9 Å². The maximum absolute atomic E-state index is 12.6. The van der Waals surface area contributed by atoms with E-state index in [0.29, 0.717) is 64.4 Å². The number of thioether (sulfide) groups is 1. The molecule has 3 aliphatic rings. The van der Waals surface area contributed by atoms with Crippen molar-refractivity contribution in [1.29, 1.82) is 0 Å². The van der Waals surface area contributed by atoms with Crippen LogP contribution >= 0.6 is 11.8 Å². The van der Waals surface area contributed by atoms with Crippen molar-refractivity contribution < 1.29 is 70.8 Å². The number of amides is 5. The Morgan fingerprint density at radius 3 is 2.42 bits per heavy atom. The standard InChI is InChI=1S/C33H54N7O8S.Y/c1-4-24-17-22(2)32(48-24)40-19-25(36-21-40)31(43)37-23(3)18-29(42)35-10-12-46-14-16-47-15-13-45-11-9-34-28(41)8-6-5-7-27-30-26(20-49-27)38-33(44)39-30;/h17,19,21-24,26-27,30,32H,4-16,18,20H2,1-3H3,(H,34,41)(H,35,42)(H,37,43)(H2,38,39,44);/q-1;/t22-,23-,24+,26?,27?,30?,32+;/m0./s1. The van der Waals surface area contributed by atoms with Crippen molar-refractivity contribution in [3.8, 4) is 0 Å². The third-order valence-corrected chi connectivity index (χ3v) is 10.2. The predicted molar refractivity (Wildman–Crippen MR) is 184 cm³/mol. The molecule has 3 saturated heterocycles. The number of carbonyl (C=O) groups excluding carboxylic acids is 4. The van der Waals surface area contributed by atoms with Crippen molar-refractivity contribution in [3.05, 3.63) is 24.6 Å². The fourth-order valence-corrected chi connectivity index (χ4v) is 7.62. The molecule has 3 fully saturated rings. The van der Waals surface area contributed by atoms with Crippen LogP contribution in [0.15, 0.2) is 12.5 Å². The van der Waals surface area contributed by atoms with Crippen LogP contribution in [0.5, 0.6) is 0 Å². The number of nitrogens with one attached hydrogen (secondary N) is 5. The molecule has 0 bridgehead atoms. The smallest absolute Gasteiger partial charge is 0.315 e. The molecule has 0 aromatic carbocycles. The maximum atomic E-state index is 12.6. The normalized spacial score (nSPS) is 24.5. The minimum absolute atomic E-state index is 0. The molecular formula is C33H54N7O8SY-. The van der Waals surface area contributed by atoms with Crippen LogP contribution in [-0.4, -0.2) is 121 Å². The van der Waals surface area contributed by atoms with Crippen molar-refractivity contribution in [2.45, 2.75) is 95.0 Å². The summed E-state index contributed by atoms with van der Waals surface area (Å²) in [5.41, 5.74) is 0.282. The Labute approximate surface area is 324 Å². The number of hydrogen-bond donors (Lipinski definition) is 5. The van der Waals surface area contributed by atoms with Crippen molar-refractivity contribution in [2.24, 2.45) is 5.92 Å². The van der Waals surface area contributed by atoms with Crippen LogP contribution < -0.4 is 26.6 Å². The zero-order valence-electron chi connectivity index (χ0n) is 29.5. The monoisotopic (exact) mass is 797 g/mol. The van der Waals surface area contributed by atoms with E-state index >= 15 is 0 Å². The second kappa shape index (κ2) is 23.0. The zero-order chi connectivity index (χ0) is 35.0. The molecule has 1 aromatic rings. The van der Waals surface area contributed by atoms with Crippen LogP contribution in [0.2, 0.25) is 0 Å². The van der Waals surface area contributed by atoms with Gasteiger partial charge >= 0.3 is 6.03 Å². The third-order valence-electron chi connectivity index (χ3n) is 8.64. The fourth-order valence-electron chi connectivity index (χ4n) is 6.08. The molecule has 0 spiro atoms. The Morgan fingerprint density at radius 2 is 1.74 bits per heavy atom. The number of ether oxygens (including phenoxy) is 4. The minimum Gasteiger partial charge on any atom is -0.389 e. The molecule has 279 valence electrons. The van der Waals surface area contributed by atoms with Gasteiger partial charge in [-0.1, -0.05) is 32.8 Å². The van der Waals surface area contributed by atoms with Gasteiger partial charge in [0.2, 0.25) is 11.8 Å². The second-order valence-electron chi connectivity index (χ2n) is 12.7. The summed E-state index contributed by atoms with van der Waals surface area (Å²) < 4.78 is 24.3. The van der Waals surface area contributed by atoms with Gasteiger partial charge in [-0.15, -0.1) is 5.92 Å². The molecule has 4 rings (SSSR count). The van der Waals surface area contributed by atoms with E-state index in [1.54, 1.807) is 19.4 Å². The molecule has 3 aliphatic heterocycles. The molecule has 4 heterocycles. The summed E-state index contributed by atoms with van der Waals surface area (Å²) >= 11 is 1.89. The van der Waals surface area contributed by atoms with Crippen LogP contribution in [0.4, 0.5) is 4.79 Å². The topological polar surface area (TPSA) is 183 Å². The number of carbonyl (C=O) groups is 4. The van der Waals surface area contributed by atoms with Gasteiger partial charge in [0.25, 0.3) is 5.91 Å². The van der Waals surface area contributed by atoms with E-state index in [1.165, 1.54) is 0 Å². The summed E-state index contributed by atoms with van der Waals surface area (Å²) in [6, 6.07) is 0.00862. The van der Waals surface area contributed by atoms with Crippen LogP contribution in [0, 0.1) is 12.3 Å². The number of rotatable bonds is 23. The third kappa shape index (κ3) is 14.3. The summed E-state index contributed by atoms with van der Waals surface area (Å²) in [6.45, 7) is 9.12. The van der Waals surface area contributed by atoms with Crippen molar-refractivity contribution in [3.63, 3.8) is 0 Å². The number of urea groups is 1. The average Bonchev–Trinajstić information content (AvgIpc) is 3.86. The molecule has 5 amide bonds. The van der Waals surface area contributed by atoms with Gasteiger partial charge in [0.05, 0.1) is 58.1 Å². The van der Waals surface area contributed by atoms with Gasteiger partial charge in [-0.25, -0.2) is 9.78 Å². The Balaban J connectivity index is 0.00000676. The van der Waals surface area contributed by atoms with Gasteiger partial charge in [0.15, 0.2) is 0 Å². The van der Waals surface area contributed by atoms with Gasteiger partial charge in [-0.2, -0.15) is 11.8 Å². The van der Waals surface area contributed by atoms with Crippen LogP contribution in [0.25, 0.3) is 0 Å². The van der Waals surface area contributed by atoms with E-state index in [9.17, 15) is 19.2 Å². The summed E-state index contributed by atoms with van der Waals surface area (Å²) in [4.78, 5) is 52.7. The summed E-state index contributed by atoms with van der Waals surface area (Å²) in [6.07, 6.45) is 9.68. The Kier molecular flexibility index (Phi) is 19.6. The van der Waals surface area contributed by atoms with Gasteiger partial charge < -0.3 is 50.1 Å². The number of nitrogens with zero attached hydrogens (tertiary/aromatic N) is 2. The first-order valence-corrected chi connectivity index (χ1v) is 18.6. The van der Waals surface area contributed by atoms with E-state index in [1.807, 2.05) is 16.3 Å². The molecule has 1 radical (unpaired) electrons. The Hall–Kier alpha value is -1.82. The zero-order valence-corrected chi connectivity index (χ0v) is 33.2. The summed E-state index contributed by atoms with van der Waals surface area (Å²) in [7, 11) is 0. The molecule has 0 aliphatic carbocycles. The summed E-state index contributed by atoms with van der Waals surface area (Å²) in [5.74, 6) is 0.668. The average molecular weight is 798 g/mol. The molecule has 5 N–H and O–H groups in total. The van der Waals surface area contributed by atoms with E-state index in [2.05, 4.69) is 51.8 Å². The van der Waals surface area contributed by atoms with E-state index in [0.717, 1.165) is 31.4 Å². The van der Waals surface area contributed by atoms with Crippen molar-refractivity contribution in [1.82, 2.24) is 36.1 Å². The molecule has 0 saturated carbocycles. The van der Waals surface area contributed by atoms with Crippen LogP contribution in [-0.2, 0) is 61.2 Å².